The van der Waals surface area contributed by atoms with E-state index in [0.29, 0.717) is 77.3 Å². The number of aromatic hydroxyl groups is 1. The van der Waals surface area contributed by atoms with Crippen LogP contribution in [0.2, 0.25) is 0 Å². The average molecular weight is 722 g/mol. The summed E-state index contributed by atoms with van der Waals surface area (Å²) in [5.74, 6) is -0.359. The summed E-state index contributed by atoms with van der Waals surface area (Å²) in [4.78, 5) is 48.2. The van der Waals surface area contributed by atoms with Crippen LogP contribution in [-0.2, 0) is 32.6 Å². The van der Waals surface area contributed by atoms with Crippen molar-refractivity contribution in [2.45, 2.75) is 56.7 Å². The van der Waals surface area contributed by atoms with E-state index in [1.165, 1.54) is 14.7 Å². The largest absolute Gasteiger partial charge is 0.509 e. The summed E-state index contributed by atoms with van der Waals surface area (Å²) >= 11 is 0. The van der Waals surface area contributed by atoms with Gasteiger partial charge in [0.15, 0.2) is 6.10 Å². The maximum Gasteiger partial charge on any atom is 0.410 e. The number of fused-ring (bicyclic) bond motifs is 1. The number of para-hydroxylation sites is 1. The van der Waals surface area contributed by atoms with Crippen LogP contribution in [0.15, 0.2) is 42.5 Å². The van der Waals surface area contributed by atoms with Crippen molar-refractivity contribution in [1.82, 2.24) is 28.2 Å². The van der Waals surface area contributed by atoms with E-state index in [1.807, 2.05) is 29.2 Å². The lowest BCUT2D eigenvalue weighted by atomic mass is 9.91. The Morgan fingerprint density at radius 2 is 1.59 bits per heavy atom. The van der Waals surface area contributed by atoms with Crippen LogP contribution in [0.1, 0.15) is 36.8 Å². The Balaban J connectivity index is 1.05. The van der Waals surface area contributed by atoms with Crippen molar-refractivity contribution >= 4 is 47.2 Å². The number of anilines is 1. The van der Waals surface area contributed by atoms with Gasteiger partial charge in [-0.15, -0.1) is 0 Å². The van der Waals surface area contributed by atoms with Crippen molar-refractivity contribution < 1.29 is 32.6 Å². The van der Waals surface area contributed by atoms with Gasteiger partial charge in [-0.1, -0.05) is 35.8 Å². The Bertz CT molecular complexity index is 1690. The fourth-order valence-electron chi connectivity index (χ4n) is 7.60. The lowest BCUT2D eigenvalue weighted by molar-refractivity contribution is -0.143. The molecule has 6 rings (SSSR count). The zero-order valence-corrected chi connectivity index (χ0v) is 30.3. The molecular weight excluding hydrogens is 673 g/mol. The van der Waals surface area contributed by atoms with E-state index in [0.717, 1.165) is 30.5 Å². The molecule has 4 aliphatic rings. The van der Waals surface area contributed by atoms with Gasteiger partial charge < -0.3 is 29.9 Å². The zero-order chi connectivity index (χ0) is 36.3. The summed E-state index contributed by atoms with van der Waals surface area (Å²) in [6.07, 6.45) is 1.79. The van der Waals surface area contributed by atoms with Crippen molar-refractivity contribution in [2.75, 3.05) is 78.3 Å². The second kappa shape index (κ2) is 15.8. The number of nitrogens with one attached hydrogen (secondary N) is 1. The van der Waals surface area contributed by atoms with E-state index < -0.39 is 22.4 Å². The third-order valence-electron chi connectivity index (χ3n) is 10.7. The number of hydrogen-bond acceptors (Lipinski definition) is 8. The minimum Gasteiger partial charge on any atom is -0.509 e. The average Bonchev–Trinajstić information content (AvgIpc) is 3.30. The van der Waals surface area contributed by atoms with Crippen LogP contribution in [0.3, 0.4) is 0 Å². The van der Waals surface area contributed by atoms with Crippen molar-refractivity contribution in [3.8, 4) is 5.75 Å². The SMILES string of the molecule is [B]c1cc(C[C@@H](OC(=O)N2CCC(N3CCc4ccccc4NC3=O)CC2)C(=O)N2CCN(C3CCN(S(=O)(=O)N(C)C)CC3)CC2)ccc1O. The summed E-state index contributed by atoms with van der Waals surface area (Å²) in [6.45, 7) is 4.45. The number of likely N-dealkylation sites (tertiary alicyclic amines) is 1. The fourth-order valence-corrected chi connectivity index (χ4v) is 8.73. The number of carbonyl (C=O) groups excluding carboxylic acids is 3. The van der Waals surface area contributed by atoms with Gasteiger partial charge in [0.25, 0.3) is 16.1 Å². The molecule has 51 heavy (non-hydrogen) atoms. The first-order valence-electron chi connectivity index (χ1n) is 17.8. The van der Waals surface area contributed by atoms with Crippen LogP contribution >= 0.6 is 0 Å². The van der Waals surface area contributed by atoms with E-state index >= 15 is 0 Å². The molecule has 1 atom stereocenters. The molecule has 4 amide bonds. The molecule has 0 unspecified atom stereocenters. The highest BCUT2D eigenvalue weighted by atomic mass is 32.2. The normalized spacial score (nSPS) is 20.8. The van der Waals surface area contributed by atoms with Crippen LogP contribution in [0.5, 0.6) is 5.75 Å². The van der Waals surface area contributed by atoms with Gasteiger partial charge in [-0.2, -0.15) is 17.0 Å². The Morgan fingerprint density at radius 1 is 0.922 bits per heavy atom. The van der Waals surface area contributed by atoms with E-state index in [2.05, 4.69) is 10.2 Å². The lowest BCUT2D eigenvalue weighted by Crippen LogP contribution is -2.57. The van der Waals surface area contributed by atoms with Crippen LogP contribution in [0, 0.1) is 0 Å². The molecule has 4 heterocycles. The molecule has 0 bridgehead atoms. The van der Waals surface area contributed by atoms with Gasteiger partial charge >= 0.3 is 12.1 Å². The Kier molecular flexibility index (Phi) is 11.4. The van der Waals surface area contributed by atoms with Crippen LogP contribution in [-0.4, -0.2) is 159 Å². The van der Waals surface area contributed by atoms with Gasteiger partial charge in [0.1, 0.15) is 13.6 Å². The van der Waals surface area contributed by atoms with E-state index in [1.54, 1.807) is 36.0 Å². The maximum atomic E-state index is 14.0. The third-order valence-corrected chi connectivity index (χ3v) is 12.6. The molecule has 2 radical (unpaired) electrons. The molecule has 3 saturated heterocycles. The predicted octanol–water partition coefficient (Wildman–Crippen LogP) is 1.20. The minimum atomic E-state index is -3.44. The molecule has 2 N–H and O–H groups in total. The minimum absolute atomic E-state index is 0.0262. The number of ether oxygens (including phenoxy) is 1. The Labute approximate surface area is 301 Å². The maximum absolute atomic E-state index is 14.0. The van der Waals surface area contributed by atoms with E-state index in [9.17, 15) is 27.9 Å². The van der Waals surface area contributed by atoms with Crippen LogP contribution in [0.4, 0.5) is 15.3 Å². The molecule has 0 spiro atoms. The zero-order valence-electron chi connectivity index (χ0n) is 29.4. The number of nitrogens with zero attached hydrogens (tertiary/aromatic N) is 6. The summed E-state index contributed by atoms with van der Waals surface area (Å²) in [5.41, 5.74) is 2.75. The third kappa shape index (κ3) is 8.45. The highest BCUT2D eigenvalue weighted by Crippen LogP contribution is 2.26. The van der Waals surface area contributed by atoms with Crippen LogP contribution in [0.25, 0.3) is 0 Å². The van der Waals surface area contributed by atoms with E-state index in [4.69, 9.17) is 12.6 Å². The second-order valence-electron chi connectivity index (χ2n) is 14.0. The van der Waals surface area contributed by atoms with Gasteiger partial charge in [-0.05, 0) is 55.4 Å². The Hall–Kier alpha value is -3.86. The number of urea groups is 1. The summed E-state index contributed by atoms with van der Waals surface area (Å²) in [7, 11) is 5.58. The Morgan fingerprint density at radius 3 is 2.25 bits per heavy atom. The summed E-state index contributed by atoms with van der Waals surface area (Å²) in [5, 5.41) is 13.0. The quantitative estimate of drug-likeness (QED) is 0.387. The molecule has 0 aromatic heterocycles. The molecule has 274 valence electrons. The molecule has 0 saturated carbocycles. The first-order chi connectivity index (χ1) is 24.4. The van der Waals surface area contributed by atoms with Gasteiger partial charge in [-0.25, -0.2) is 9.59 Å². The molecule has 2 aromatic rings. The van der Waals surface area contributed by atoms with Crippen molar-refractivity contribution in [3.63, 3.8) is 0 Å². The standard InChI is InChI=1S/C35H48BN7O7S/c1-38(2)51(48,49)42-16-12-27(13-17-42)39-19-21-40(22-20-39)33(45)32(24-25-7-8-31(44)29(36)23-25)50-35(47)41-14-10-28(11-15-41)43-18-9-26-5-3-4-6-30(26)37-34(43)46/h3-8,23,27-28,32,44H,9-22,24H2,1-2H3,(H,37,46)/t32-/m1/s1. The molecule has 2 aromatic carbocycles. The molecule has 14 nitrogen and oxygen atoms in total. The highest BCUT2D eigenvalue weighted by molar-refractivity contribution is 7.86. The topological polar surface area (TPSA) is 146 Å². The predicted molar refractivity (Wildman–Crippen MR) is 193 cm³/mol. The first-order valence-corrected chi connectivity index (χ1v) is 19.2. The van der Waals surface area contributed by atoms with Crippen molar-refractivity contribution in [3.05, 3.63) is 53.6 Å². The number of amides is 4. The van der Waals surface area contributed by atoms with Gasteiger partial charge in [-0.3, -0.25) is 9.69 Å². The number of benzene rings is 2. The second-order valence-corrected chi connectivity index (χ2v) is 16.1. The molecule has 4 aliphatic heterocycles. The first kappa shape index (κ1) is 36.9. The number of carbonyl (C=O) groups is 3. The van der Waals surface area contributed by atoms with Crippen molar-refractivity contribution in [2.24, 2.45) is 0 Å². The fraction of sp³-hybridized carbons (Fsp3) is 0.571. The number of phenols is 1. The van der Waals surface area contributed by atoms with E-state index in [-0.39, 0.29) is 41.7 Å². The smallest absolute Gasteiger partial charge is 0.410 e. The molecule has 16 heteroatoms. The van der Waals surface area contributed by atoms with Gasteiger partial charge in [0.05, 0.1) is 0 Å². The number of piperidine rings is 2. The summed E-state index contributed by atoms with van der Waals surface area (Å²) in [6, 6.07) is 12.6. The van der Waals surface area contributed by atoms with Crippen LogP contribution < -0.4 is 10.8 Å². The number of rotatable bonds is 8. The molecule has 0 aliphatic carbocycles. The van der Waals surface area contributed by atoms with Gasteiger partial charge in [0, 0.05) is 97.2 Å². The number of hydrogen-bond donors (Lipinski definition) is 2. The van der Waals surface area contributed by atoms with Crippen molar-refractivity contribution in [1.29, 1.82) is 0 Å². The highest BCUT2D eigenvalue weighted by Gasteiger charge is 2.37. The summed E-state index contributed by atoms with van der Waals surface area (Å²) < 4.78 is 33.8. The molecule has 3 fully saturated rings. The lowest BCUT2D eigenvalue weighted by Gasteiger charge is -2.43. The number of piperazine rings is 1. The van der Waals surface area contributed by atoms with Gasteiger partial charge in [0.2, 0.25) is 0 Å². The molecular formula is C35H48BN7O7S. The number of phenolic OH excluding ortho intramolecular Hbond substituents is 1. The monoisotopic (exact) mass is 721 g/mol.